The number of imidazole rings is 1. The van der Waals surface area contributed by atoms with E-state index in [9.17, 15) is 8.42 Å². The molecule has 2 aromatic carbocycles. The fraction of sp³-hybridized carbons (Fsp3) is 0.160. The van der Waals surface area contributed by atoms with Crippen molar-refractivity contribution in [1.82, 2.24) is 24.2 Å². The van der Waals surface area contributed by atoms with Crippen molar-refractivity contribution in [3.63, 3.8) is 0 Å². The van der Waals surface area contributed by atoms with E-state index in [4.69, 9.17) is 4.74 Å². The molecule has 35 heavy (non-hydrogen) atoms. The molecule has 0 saturated heterocycles. The van der Waals surface area contributed by atoms with Gasteiger partial charge in [0.05, 0.1) is 17.7 Å². The van der Waals surface area contributed by atoms with Gasteiger partial charge in [0.15, 0.2) is 0 Å². The molecule has 0 amide bonds. The molecule has 0 unspecified atom stereocenters. The number of nitrogens with zero attached hydrogens (tertiary/aromatic N) is 4. The van der Waals surface area contributed by atoms with Gasteiger partial charge in [0.25, 0.3) is 0 Å². The van der Waals surface area contributed by atoms with Crippen LogP contribution >= 0.6 is 0 Å². The van der Waals surface area contributed by atoms with Crippen molar-refractivity contribution in [1.29, 1.82) is 0 Å². The maximum Gasteiger partial charge on any atom is 0.301 e. The molecule has 0 atom stereocenters. The van der Waals surface area contributed by atoms with Crippen LogP contribution in [0.2, 0.25) is 0 Å². The van der Waals surface area contributed by atoms with E-state index in [1.165, 1.54) is 0 Å². The number of aromatic nitrogens is 4. The third kappa shape index (κ3) is 5.39. The molecule has 0 aliphatic rings. The van der Waals surface area contributed by atoms with Crippen LogP contribution in [0.1, 0.15) is 5.56 Å². The Hall–Kier alpha value is -4.02. The quantitative estimate of drug-likeness (QED) is 0.325. The van der Waals surface area contributed by atoms with Gasteiger partial charge in [-0.25, -0.2) is 23.1 Å². The number of aryl methyl sites for hydroxylation is 1. The first kappa shape index (κ1) is 24.1. The molecule has 10 heteroatoms. The number of hydrogen-bond donors (Lipinski definition) is 2. The van der Waals surface area contributed by atoms with Gasteiger partial charge in [-0.15, -0.1) is 0 Å². The van der Waals surface area contributed by atoms with Gasteiger partial charge in [0.1, 0.15) is 11.4 Å². The molecule has 0 spiro atoms. The molecule has 0 fully saturated rings. The van der Waals surface area contributed by atoms with Crippen molar-refractivity contribution < 1.29 is 13.2 Å². The molecule has 2 aromatic heterocycles. The maximum atomic E-state index is 12.5. The molecule has 9 nitrogen and oxygen atoms in total. The summed E-state index contributed by atoms with van der Waals surface area (Å²) in [6, 6.07) is 18.6. The van der Waals surface area contributed by atoms with Crippen LogP contribution in [0.3, 0.4) is 0 Å². The number of benzene rings is 2. The molecule has 0 saturated carbocycles. The Morgan fingerprint density at radius 2 is 1.77 bits per heavy atom. The normalized spacial score (nSPS) is 11.3. The Morgan fingerprint density at radius 3 is 2.46 bits per heavy atom. The third-order valence-electron chi connectivity index (χ3n) is 5.22. The number of sulfonamides is 1. The third-order valence-corrected chi connectivity index (χ3v) is 6.70. The van der Waals surface area contributed by atoms with Crippen molar-refractivity contribution in [2.45, 2.75) is 11.8 Å². The summed E-state index contributed by atoms with van der Waals surface area (Å²) in [5.74, 6) is 0.354. The van der Waals surface area contributed by atoms with Crippen LogP contribution in [0.4, 0.5) is 5.95 Å². The molecule has 180 valence electrons. The second kappa shape index (κ2) is 10.5. The minimum Gasteiger partial charge on any atom is -0.468 e. The number of anilines is 1. The number of rotatable bonds is 10. The fourth-order valence-electron chi connectivity index (χ4n) is 3.50. The van der Waals surface area contributed by atoms with E-state index in [-0.39, 0.29) is 11.4 Å². The van der Waals surface area contributed by atoms with E-state index >= 15 is 0 Å². The highest BCUT2D eigenvalue weighted by Gasteiger charge is 2.21. The lowest BCUT2D eigenvalue weighted by molar-refractivity contribution is 0.377. The van der Waals surface area contributed by atoms with Crippen molar-refractivity contribution in [2.75, 3.05) is 25.5 Å². The smallest absolute Gasteiger partial charge is 0.301 e. The predicted octanol–water partition coefficient (Wildman–Crippen LogP) is 3.82. The minimum absolute atomic E-state index is 0.164. The Labute approximate surface area is 204 Å². The summed E-state index contributed by atoms with van der Waals surface area (Å²) >= 11 is 0. The summed E-state index contributed by atoms with van der Waals surface area (Å²) < 4.78 is 34.7. The lowest BCUT2D eigenvalue weighted by Crippen LogP contribution is -2.29. The first-order chi connectivity index (χ1) is 16.9. The zero-order chi connectivity index (χ0) is 24.8. The minimum atomic E-state index is -3.60. The molecule has 2 heterocycles. The van der Waals surface area contributed by atoms with Gasteiger partial charge in [-0.3, -0.25) is 4.57 Å². The molecular formula is C25H26N6O3S. The highest BCUT2D eigenvalue weighted by Crippen LogP contribution is 2.34. The van der Waals surface area contributed by atoms with Crippen LogP contribution in [-0.4, -0.2) is 48.1 Å². The van der Waals surface area contributed by atoms with Crippen LogP contribution in [-0.2, 0) is 10.0 Å². The summed E-state index contributed by atoms with van der Waals surface area (Å²) in [7, 11) is -2.05. The zero-order valence-corrected chi connectivity index (χ0v) is 20.3. The molecular weight excluding hydrogens is 464 g/mol. The SMILES string of the molecule is C=Cn1c(OC)nc(-c2ccccc2)c1-c1ccnc(NCCNS(=O)(=O)c2ccc(C)cc2)n1. The van der Waals surface area contributed by atoms with Gasteiger partial charge in [0.2, 0.25) is 16.0 Å². The lowest BCUT2D eigenvalue weighted by Gasteiger charge is -2.10. The van der Waals surface area contributed by atoms with Crippen LogP contribution < -0.4 is 14.8 Å². The monoisotopic (exact) mass is 490 g/mol. The fourth-order valence-corrected chi connectivity index (χ4v) is 4.54. The van der Waals surface area contributed by atoms with Crippen LogP contribution in [0, 0.1) is 6.92 Å². The van der Waals surface area contributed by atoms with E-state index < -0.39 is 10.0 Å². The molecule has 0 aliphatic heterocycles. The van der Waals surface area contributed by atoms with Crippen molar-refractivity contribution in [3.8, 4) is 28.7 Å². The van der Waals surface area contributed by atoms with E-state index in [1.807, 2.05) is 37.3 Å². The topological polar surface area (TPSA) is 111 Å². The number of methoxy groups -OCH3 is 1. The summed E-state index contributed by atoms with van der Waals surface area (Å²) in [5.41, 5.74) is 3.90. The van der Waals surface area contributed by atoms with Gasteiger partial charge in [-0.05, 0) is 25.1 Å². The Kier molecular flexibility index (Phi) is 7.23. The Bertz CT molecular complexity index is 1420. The summed E-state index contributed by atoms with van der Waals surface area (Å²) in [6.45, 7) is 6.25. The second-order valence-corrected chi connectivity index (χ2v) is 9.38. The van der Waals surface area contributed by atoms with Gasteiger partial charge < -0.3 is 10.1 Å². The summed E-state index contributed by atoms with van der Waals surface area (Å²) in [6.07, 6.45) is 3.24. The number of ether oxygens (including phenoxy) is 1. The van der Waals surface area contributed by atoms with Gasteiger partial charge >= 0.3 is 6.01 Å². The lowest BCUT2D eigenvalue weighted by atomic mass is 10.1. The first-order valence-corrected chi connectivity index (χ1v) is 12.4. The Balaban J connectivity index is 1.52. The molecule has 0 bridgehead atoms. The number of hydrogen-bond acceptors (Lipinski definition) is 7. The van der Waals surface area contributed by atoms with Crippen LogP contribution in [0.25, 0.3) is 28.8 Å². The zero-order valence-electron chi connectivity index (χ0n) is 19.5. The molecule has 4 rings (SSSR count). The van der Waals surface area contributed by atoms with Crippen molar-refractivity contribution in [3.05, 3.63) is 79.0 Å². The largest absolute Gasteiger partial charge is 0.468 e. The molecule has 4 aromatic rings. The van der Waals surface area contributed by atoms with Crippen LogP contribution in [0.5, 0.6) is 6.01 Å². The van der Waals surface area contributed by atoms with Gasteiger partial charge in [-0.1, -0.05) is 54.6 Å². The molecule has 2 N–H and O–H groups in total. The van der Waals surface area contributed by atoms with E-state index in [0.717, 1.165) is 11.1 Å². The number of nitrogens with one attached hydrogen (secondary N) is 2. The first-order valence-electron chi connectivity index (χ1n) is 10.9. The van der Waals surface area contributed by atoms with E-state index in [2.05, 4.69) is 31.6 Å². The average Bonchev–Trinajstić information content (AvgIpc) is 3.26. The van der Waals surface area contributed by atoms with Gasteiger partial charge in [-0.2, -0.15) is 4.98 Å². The Morgan fingerprint density at radius 1 is 1.03 bits per heavy atom. The molecule has 0 radical (unpaired) electrons. The average molecular weight is 491 g/mol. The predicted molar refractivity (Wildman–Crippen MR) is 136 cm³/mol. The van der Waals surface area contributed by atoms with Crippen LogP contribution in [0.15, 0.2) is 78.3 Å². The van der Waals surface area contributed by atoms with Gasteiger partial charge in [0, 0.05) is 31.0 Å². The molecule has 0 aliphatic carbocycles. The standard InChI is InChI=1S/C25H26N6O3S/c1-4-31-23(22(30-25(31)34-3)19-8-6-5-7-9-19)21-14-15-26-24(29-21)27-16-17-28-35(32,33)20-12-10-18(2)11-13-20/h4-15,28H,1,16-17H2,2-3H3,(H,26,27,29). The van der Waals surface area contributed by atoms with E-state index in [0.29, 0.717) is 35.6 Å². The van der Waals surface area contributed by atoms with E-state index in [1.54, 1.807) is 54.4 Å². The maximum absolute atomic E-state index is 12.5. The highest BCUT2D eigenvalue weighted by molar-refractivity contribution is 7.89. The summed E-state index contributed by atoms with van der Waals surface area (Å²) in [4.78, 5) is 13.7. The highest BCUT2D eigenvalue weighted by atomic mass is 32.2. The second-order valence-electron chi connectivity index (χ2n) is 7.62. The van der Waals surface area contributed by atoms with Crippen molar-refractivity contribution in [2.24, 2.45) is 0 Å². The van der Waals surface area contributed by atoms with Crippen molar-refractivity contribution >= 4 is 22.2 Å². The summed E-state index contributed by atoms with van der Waals surface area (Å²) in [5, 5.41) is 3.07.